The number of amides is 1. The topological polar surface area (TPSA) is 91.0 Å². The van der Waals surface area contributed by atoms with Crippen LogP contribution in [0.25, 0.3) is 6.08 Å². The van der Waals surface area contributed by atoms with Crippen LogP contribution in [-0.4, -0.2) is 57.6 Å². The lowest BCUT2D eigenvalue weighted by Crippen LogP contribution is -2.48. The molecule has 0 spiro atoms. The van der Waals surface area contributed by atoms with Crippen LogP contribution in [-0.2, 0) is 24.9 Å². The predicted octanol–water partition coefficient (Wildman–Crippen LogP) is 4.02. The van der Waals surface area contributed by atoms with Crippen LogP contribution in [0, 0.1) is 18.3 Å². The van der Waals surface area contributed by atoms with Gasteiger partial charge in [0.05, 0.1) is 11.4 Å². The van der Waals surface area contributed by atoms with Crippen molar-refractivity contribution in [1.29, 1.82) is 5.26 Å². The molecule has 6 rings (SSSR count). The molecule has 3 aromatic rings. The van der Waals surface area contributed by atoms with Gasteiger partial charge in [-0.1, -0.05) is 60.4 Å². The van der Waals surface area contributed by atoms with E-state index in [1.165, 1.54) is 21.9 Å². The van der Waals surface area contributed by atoms with E-state index in [0.29, 0.717) is 57.3 Å². The van der Waals surface area contributed by atoms with Crippen molar-refractivity contribution in [2.24, 2.45) is 7.05 Å². The van der Waals surface area contributed by atoms with Crippen LogP contribution in [0.1, 0.15) is 27.8 Å². The molecular formula is C31H29N5O4S2. The van der Waals surface area contributed by atoms with Gasteiger partial charge in [-0.2, -0.15) is 5.26 Å². The minimum atomic E-state index is -0.343. The number of aromatic nitrogens is 1. The fraction of sp³-hybridized carbons (Fsp3) is 0.290. The van der Waals surface area contributed by atoms with E-state index in [1.54, 1.807) is 24.9 Å². The number of carbonyl (C=O) groups is 1. The summed E-state index contributed by atoms with van der Waals surface area (Å²) in [6.07, 6.45) is 1.79. The van der Waals surface area contributed by atoms with E-state index < -0.39 is 0 Å². The molecule has 0 N–H and O–H groups in total. The summed E-state index contributed by atoms with van der Waals surface area (Å²) in [6.45, 7) is 6.15. The zero-order valence-electron chi connectivity index (χ0n) is 23.3. The van der Waals surface area contributed by atoms with Crippen LogP contribution in [0.15, 0.2) is 58.2 Å². The number of carbonyl (C=O) groups excluding carboxylic acids is 1. The normalized spacial score (nSPS) is 17.8. The fourth-order valence-corrected chi connectivity index (χ4v) is 6.78. The van der Waals surface area contributed by atoms with E-state index in [1.807, 2.05) is 36.4 Å². The number of rotatable bonds is 6. The van der Waals surface area contributed by atoms with Crippen LogP contribution >= 0.6 is 24.0 Å². The number of thiocarbonyl (C=S) groups is 1. The molecule has 2 aromatic carbocycles. The number of thioether (sulfide) groups is 1. The molecule has 0 unspecified atom stereocenters. The third-order valence-corrected chi connectivity index (χ3v) is 9.19. The lowest BCUT2D eigenvalue weighted by Gasteiger charge is -2.37. The van der Waals surface area contributed by atoms with Crippen LogP contribution in [0.3, 0.4) is 0 Å². The number of nitriles is 1. The Bertz CT molecular complexity index is 1700. The van der Waals surface area contributed by atoms with Gasteiger partial charge in [0.25, 0.3) is 11.5 Å². The van der Waals surface area contributed by atoms with Gasteiger partial charge in [0.1, 0.15) is 21.8 Å². The Labute approximate surface area is 253 Å². The van der Waals surface area contributed by atoms with Gasteiger partial charge in [-0.25, -0.2) is 0 Å². The van der Waals surface area contributed by atoms with Gasteiger partial charge < -0.3 is 14.4 Å². The van der Waals surface area contributed by atoms with Gasteiger partial charge in [-0.3, -0.25) is 24.0 Å². The van der Waals surface area contributed by atoms with Crippen LogP contribution in [0.4, 0.5) is 5.82 Å². The minimum absolute atomic E-state index is 0.0750. The lowest BCUT2D eigenvalue weighted by atomic mass is 10.0. The molecule has 3 aliphatic rings. The Balaban J connectivity index is 1.28. The first-order valence-electron chi connectivity index (χ1n) is 13.6. The quantitative estimate of drug-likeness (QED) is 0.308. The highest BCUT2D eigenvalue weighted by molar-refractivity contribution is 8.26. The second-order valence-electron chi connectivity index (χ2n) is 10.4. The van der Waals surface area contributed by atoms with Gasteiger partial charge in [-0.05, 0) is 41.8 Å². The number of piperazine rings is 1. The molecule has 0 bridgehead atoms. The van der Waals surface area contributed by atoms with Crippen molar-refractivity contribution in [3.8, 4) is 17.6 Å². The first-order valence-corrected chi connectivity index (χ1v) is 14.9. The SMILES string of the molecule is Cc1c(/C=C2/SC(=S)N(Cc3ccc4c(c3)OCO4)C2=O)c(N2CCN(Cc3ccccc3)CC2)n(C)c(=O)c1C#N. The minimum Gasteiger partial charge on any atom is -0.454 e. The summed E-state index contributed by atoms with van der Waals surface area (Å²) in [5, 5.41) is 9.83. The Morgan fingerprint density at radius 1 is 1.00 bits per heavy atom. The zero-order valence-corrected chi connectivity index (χ0v) is 25.0. The summed E-state index contributed by atoms with van der Waals surface area (Å²) in [5.41, 5.74) is 3.11. The number of pyridine rings is 1. The Morgan fingerprint density at radius 3 is 2.48 bits per heavy atom. The van der Waals surface area contributed by atoms with E-state index in [2.05, 4.69) is 28.0 Å². The molecule has 9 nitrogen and oxygen atoms in total. The fourth-order valence-electron chi connectivity index (χ4n) is 5.54. The predicted molar refractivity (Wildman–Crippen MR) is 166 cm³/mol. The molecule has 42 heavy (non-hydrogen) atoms. The van der Waals surface area contributed by atoms with Gasteiger partial charge >= 0.3 is 0 Å². The number of nitrogens with zero attached hydrogens (tertiary/aromatic N) is 5. The van der Waals surface area contributed by atoms with Crippen molar-refractivity contribution in [2.45, 2.75) is 20.0 Å². The van der Waals surface area contributed by atoms with Crippen LogP contribution in [0.5, 0.6) is 11.5 Å². The van der Waals surface area contributed by atoms with Crippen molar-refractivity contribution in [2.75, 3.05) is 37.9 Å². The number of fused-ring (bicyclic) bond motifs is 1. The molecule has 1 amide bonds. The summed E-state index contributed by atoms with van der Waals surface area (Å²) in [5.74, 6) is 1.81. The average molecular weight is 600 g/mol. The molecule has 4 heterocycles. The second kappa shape index (κ2) is 11.6. The summed E-state index contributed by atoms with van der Waals surface area (Å²) >= 11 is 6.84. The molecule has 3 aliphatic heterocycles. The molecule has 0 aliphatic carbocycles. The first-order chi connectivity index (χ1) is 20.3. The van der Waals surface area contributed by atoms with E-state index in [9.17, 15) is 14.9 Å². The Hall–Kier alpha value is -4.11. The van der Waals surface area contributed by atoms with E-state index in [4.69, 9.17) is 21.7 Å². The van der Waals surface area contributed by atoms with Crippen molar-refractivity contribution >= 4 is 46.1 Å². The maximum Gasteiger partial charge on any atom is 0.270 e. The molecule has 2 saturated heterocycles. The lowest BCUT2D eigenvalue weighted by molar-refractivity contribution is -0.122. The molecule has 0 saturated carbocycles. The maximum atomic E-state index is 13.6. The number of ether oxygens (including phenoxy) is 2. The summed E-state index contributed by atoms with van der Waals surface area (Å²) in [6, 6.07) is 18.0. The van der Waals surface area contributed by atoms with E-state index in [0.717, 1.165) is 25.2 Å². The third kappa shape index (κ3) is 5.29. The van der Waals surface area contributed by atoms with Gasteiger partial charge in [-0.15, -0.1) is 0 Å². The number of hydrogen-bond acceptors (Lipinski definition) is 9. The molecule has 2 fully saturated rings. The molecule has 0 radical (unpaired) electrons. The Morgan fingerprint density at radius 2 is 1.74 bits per heavy atom. The van der Waals surface area contributed by atoms with E-state index >= 15 is 0 Å². The monoisotopic (exact) mass is 599 g/mol. The summed E-state index contributed by atoms with van der Waals surface area (Å²) in [7, 11) is 1.69. The third-order valence-electron chi connectivity index (χ3n) is 7.82. The molecule has 214 valence electrons. The zero-order chi connectivity index (χ0) is 29.4. The van der Waals surface area contributed by atoms with Crippen LogP contribution in [0.2, 0.25) is 0 Å². The highest BCUT2D eigenvalue weighted by Gasteiger charge is 2.34. The van der Waals surface area contributed by atoms with Gasteiger partial charge in [0.2, 0.25) is 6.79 Å². The van der Waals surface area contributed by atoms with Crippen molar-refractivity contribution in [3.63, 3.8) is 0 Å². The second-order valence-corrected chi connectivity index (χ2v) is 12.1. The Kier molecular flexibility index (Phi) is 7.77. The molecule has 0 atom stereocenters. The highest BCUT2D eigenvalue weighted by atomic mass is 32.2. The molecule has 11 heteroatoms. The maximum absolute atomic E-state index is 13.6. The van der Waals surface area contributed by atoms with Crippen LogP contribution < -0.4 is 19.9 Å². The van der Waals surface area contributed by atoms with Gasteiger partial charge in [0.15, 0.2) is 11.5 Å². The smallest absolute Gasteiger partial charge is 0.270 e. The summed E-state index contributed by atoms with van der Waals surface area (Å²) in [4.78, 5) is 33.4. The molecular weight excluding hydrogens is 571 g/mol. The van der Waals surface area contributed by atoms with Crippen molar-refractivity contribution in [3.05, 3.63) is 91.6 Å². The first kappa shape index (κ1) is 28.0. The standard InChI is InChI=1S/C31H29N5O4S2/c1-20-23(15-27-30(38)36(31(41)42-27)18-22-8-9-25-26(14-22)40-19-39-25)28(33(2)29(37)24(20)16-32)35-12-10-34(11-13-35)17-21-6-4-3-5-7-21/h3-9,14-15H,10-13,17-19H2,1-2H3/b27-15+. The number of anilines is 1. The highest BCUT2D eigenvalue weighted by Crippen LogP contribution is 2.38. The van der Waals surface area contributed by atoms with Crippen molar-refractivity contribution in [1.82, 2.24) is 14.4 Å². The molecule has 1 aromatic heterocycles. The van der Waals surface area contributed by atoms with E-state index in [-0.39, 0.29) is 23.8 Å². The summed E-state index contributed by atoms with van der Waals surface area (Å²) < 4.78 is 12.9. The van der Waals surface area contributed by atoms with Gasteiger partial charge in [0, 0.05) is 45.3 Å². The number of hydrogen-bond donors (Lipinski definition) is 0. The largest absolute Gasteiger partial charge is 0.454 e. The van der Waals surface area contributed by atoms with Crippen molar-refractivity contribution < 1.29 is 14.3 Å². The number of benzene rings is 2. The average Bonchev–Trinajstić information content (AvgIpc) is 3.57.